The van der Waals surface area contributed by atoms with Crippen LogP contribution in [0, 0.1) is 13.8 Å². The van der Waals surface area contributed by atoms with Crippen LogP contribution in [-0.4, -0.2) is 40.3 Å². The Morgan fingerprint density at radius 1 is 1.32 bits per heavy atom. The van der Waals surface area contributed by atoms with Crippen molar-refractivity contribution in [2.24, 2.45) is 17.8 Å². The fourth-order valence-corrected chi connectivity index (χ4v) is 2.11. The fraction of sp³-hybridized carbons (Fsp3) is 0.692. The van der Waals surface area contributed by atoms with Crippen molar-refractivity contribution >= 4 is 29.9 Å². The molecule has 0 fully saturated rings. The highest BCUT2D eigenvalue weighted by atomic mass is 127. The van der Waals surface area contributed by atoms with Crippen LogP contribution in [0.5, 0.6) is 0 Å². The number of nitrogens with zero attached hydrogens (tertiary/aromatic N) is 4. The van der Waals surface area contributed by atoms with Crippen LogP contribution in [0.25, 0.3) is 0 Å². The maximum atomic E-state index is 5.94. The first-order valence-corrected chi connectivity index (χ1v) is 6.55. The summed E-state index contributed by atoms with van der Waals surface area (Å²) in [6.45, 7) is 10.8. The molecule has 0 aliphatic rings. The summed E-state index contributed by atoms with van der Waals surface area (Å²) in [6.07, 6.45) is 0.896. The van der Waals surface area contributed by atoms with E-state index in [9.17, 15) is 0 Å². The molecule has 0 saturated heterocycles. The highest BCUT2D eigenvalue weighted by Crippen LogP contribution is 2.12. The number of hydrogen-bond donors (Lipinski definition) is 1. The quantitative estimate of drug-likeness (QED) is 0.483. The summed E-state index contributed by atoms with van der Waals surface area (Å²) in [6, 6.07) is 0. The van der Waals surface area contributed by atoms with Crippen LogP contribution < -0.4 is 5.73 Å². The fourth-order valence-electron chi connectivity index (χ4n) is 2.11. The van der Waals surface area contributed by atoms with Crippen LogP contribution in [0.15, 0.2) is 4.99 Å². The van der Waals surface area contributed by atoms with E-state index in [1.807, 2.05) is 18.7 Å². The van der Waals surface area contributed by atoms with Crippen molar-refractivity contribution in [2.75, 3.05) is 19.6 Å². The number of aromatic nitrogens is 2. The summed E-state index contributed by atoms with van der Waals surface area (Å²) in [5.74, 6) is 0.638. The zero-order valence-electron chi connectivity index (χ0n) is 12.6. The number of guanidine groups is 1. The van der Waals surface area contributed by atoms with Gasteiger partial charge in [-0.05, 0) is 39.7 Å². The average Bonchev–Trinajstić information content (AvgIpc) is 2.57. The Labute approximate surface area is 133 Å². The van der Waals surface area contributed by atoms with Crippen LogP contribution in [0.2, 0.25) is 0 Å². The van der Waals surface area contributed by atoms with E-state index in [0.717, 1.165) is 31.7 Å². The summed E-state index contributed by atoms with van der Waals surface area (Å²) in [5.41, 5.74) is 9.53. The highest BCUT2D eigenvalue weighted by molar-refractivity contribution is 14.0. The lowest BCUT2D eigenvalue weighted by atomic mass is 10.1. The second kappa shape index (κ2) is 8.39. The summed E-state index contributed by atoms with van der Waals surface area (Å²) in [4.78, 5) is 6.49. The van der Waals surface area contributed by atoms with Gasteiger partial charge in [-0.2, -0.15) is 5.10 Å². The molecule has 0 spiro atoms. The molecule has 0 bridgehead atoms. The van der Waals surface area contributed by atoms with Crippen molar-refractivity contribution < 1.29 is 0 Å². The van der Waals surface area contributed by atoms with Crippen molar-refractivity contribution in [1.82, 2.24) is 14.7 Å². The minimum atomic E-state index is 0. The third kappa shape index (κ3) is 4.67. The van der Waals surface area contributed by atoms with Crippen molar-refractivity contribution in [1.29, 1.82) is 0 Å². The van der Waals surface area contributed by atoms with Gasteiger partial charge in [-0.25, -0.2) is 0 Å². The molecule has 0 aliphatic carbocycles. The van der Waals surface area contributed by atoms with Gasteiger partial charge < -0.3 is 10.6 Å². The third-order valence-corrected chi connectivity index (χ3v) is 3.38. The largest absolute Gasteiger partial charge is 0.370 e. The van der Waals surface area contributed by atoms with Gasteiger partial charge in [0.05, 0.1) is 5.69 Å². The van der Waals surface area contributed by atoms with Crippen LogP contribution in [0.1, 0.15) is 30.8 Å². The van der Waals surface area contributed by atoms with E-state index < -0.39 is 0 Å². The Hall–Kier alpha value is -0.790. The van der Waals surface area contributed by atoms with Gasteiger partial charge in [0.1, 0.15) is 0 Å². The molecule has 0 aromatic carbocycles. The lowest BCUT2D eigenvalue weighted by Crippen LogP contribution is -2.37. The van der Waals surface area contributed by atoms with E-state index in [0.29, 0.717) is 5.96 Å². The topological polar surface area (TPSA) is 59.4 Å². The van der Waals surface area contributed by atoms with E-state index in [2.05, 4.69) is 35.8 Å². The summed E-state index contributed by atoms with van der Waals surface area (Å²) in [7, 11) is 1.97. The van der Waals surface area contributed by atoms with E-state index in [1.54, 1.807) is 0 Å². The highest BCUT2D eigenvalue weighted by Gasteiger charge is 2.08. The number of aryl methyl sites for hydroxylation is 2. The monoisotopic (exact) mass is 379 g/mol. The molecule has 0 unspecified atom stereocenters. The first-order valence-electron chi connectivity index (χ1n) is 6.55. The molecule has 0 aliphatic heterocycles. The molecular formula is C13H26IN5. The zero-order valence-corrected chi connectivity index (χ0v) is 14.9. The summed E-state index contributed by atoms with van der Waals surface area (Å²) >= 11 is 0. The predicted octanol–water partition coefficient (Wildman–Crippen LogP) is 1.85. The molecule has 1 rings (SSSR count). The average molecular weight is 379 g/mol. The van der Waals surface area contributed by atoms with Gasteiger partial charge in [-0.3, -0.25) is 9.67 Å². The Bertz CT molecular complexity index is 421. The van der Waals surface area contributed by atoms with Crippen LogP contribution in [-0.2, 0) is 13.5 Å². The molecule has 1 aromatic rings. The number of halogens is 1. The van der Waals surface area contributed by atoms with Crippen molar-refractivity contribution in [2.45, 2.75) is 34.1 Å². The lowest BCUT2D eigenvalue weighted by molar-refractivity contribution is 0.458. The second-order valence-electron chi connectivity index (χ2n) is 4.44. The van der Waals surface area contributed by atoms with Gasteiger partial charge in [0.2, 0.25) is 0 Å². The van der Waals surface area contributed by atoms with Gasteiger partial charge >= 0.3 is 0 Å². The first-order chi connectivity index (χ1) is 8.51. The molecule has 19 heavy (non-hydrogen) atoms. The van der Waals surface area contributed by atoms with E-state index >= 15 is 0 Å². The SMILES string of the molecule is CCN(CC)C(N)=NCCc1c(C)nn(C)c1C.I. The molecule has 0 saturated carbocycles. The van der Waals surface area contributed by atoms with Gasteiger partial charge in [-0.1, -0.05) is 0 Å². The van der Waals surface area contributed by atoms with Crippen molar-refractivity contribution in [3.05, 3.63) is 17.0 Å². The normalized spacial score (nSPS) is 11.3. The Morgan fingerprint density at radius 3 is 2.32 bits per heavy atom. The second-order valence-corrected chi connectivity index (χ2v) is 4.44. The predicted molar refractivity (Wildman–Crippen MR) is 91.2 cm³/mol. The van der Waals surface area contributed by atoms with E-state index in [1.165, 1.54) is 11.3 Å². The molecular weight excluding hydrogens is 353 g/mol. The molecule has 1 aromatic heterocycles. The van der Waals surface area contributed by atoms with E-state index in [-0.39, 0.29) is 24.0 Å². The third-order valence-electron chi connectivity index (χ3n) is 3.38. The molecule has 0 amide bonds. The van der Waals surface area contributed by atoms with Gasteiger partial charge in [0, 0.05) is 32.4 Å². The minimum absolute atomic E-state index is 0. The summed E-state index contributed by atoms with van der Waals surface area (Å²) < 4.78 is 1.92. The molecule has 2 N–H and O–H groups in total. The van der Waals surface area contributed by atoms with Crippen LogP contribution in [0.4, 0.5) is 0 Å². The lowest BCUT2D eigenvalue weighted by Gasteiger charge is -2.19. The molecule has 0 radical (unpaired) electrons. The molecule has 6 heteroatoms. The Kier molecular flexibility index (Phi) is 8.05. The van der Waals surface area contributed by atoms with Crippen molar-refractivity contribution in [3.63, 3.8) is 0 Å². The maximum absolute atomic E-state index is 5.94. The van der Waals surface area contributed by atoms with E-state index in [4.69, 9.17) is 5.73 Å². The van der Waals surface area contributed by atoms with Crippen LogP contribution >= 0.6 is 24.0 Å². The number of aliphatic imine (C=N–C) groups is 1. The maximum Gasteiger partial charge on any atom is 0.191 e. The number of nitrogens with two attached hydrogens (primary N) is 1. The molecule has 5 nitrogen and oxygen atoms in total. The molecule has 1 heterocycles. The van der Waals surface area contributed by atoms with Gasteiger partial charge in [-0.15, -0.1) is 24.0 Å². The Morgan fingerprint density at radius 2 is 1.89 bits per heavy atom. The zero-order chi connectivity index (χ0) is 13.7. The first kappa shape index (κ1) is 18.2. The minimum Gasteiger partial charge on any atom is -0.370 e. The smallest absolute Gasteiger partial charge is 0.191 e. The van der Waals surface area contributed by atoms with Crippen LogP contribution in [0.3, 0.4) is 0 Å². The summed E-state index contributed by atoms with van der Waals surface area (Å²) in [5, 5.41) is 4.40. The number of hydrogen-bond acceptors (Lipinski definition) is 2. The van der Waals surface area contributed by atoms with Crippen molar-refractivity contribution in [3.8, 4) is 0 Å². The standard InChI is InChI=1S/C13H25N5.HI/c1-6-18(7-2)13(14)15-9-8-12-10(3)16-17(5)11(12)4;/h6-9H2,1-5H3,(H2,14,15);1H. The Balaban J connectivity index is 0.00000324. The van der Waals surface area contributed by atoms with Gasteiger partial charge in [0.15, 0.2) is 5.96 Å². The van der Waals surface area contributed by atoms with Gasteiger partial charge in [0.25, 0.3) is 0 Å². The number of rotatable bonds is 5. The molecule has 0 atom stereocenters. The molecule has 110 valence electrons.